The molecule has 1 aromatic rings. The van der Waals surface area contributed by atoms with Crippen LogP contribution in [0.5, 0.6) is 0 Å². The quantitative estimate of drug-likeness (QED) is 0.571. The Morgan fingerprint density at radius 1 is 1.26 bits per heavy atom. The van der Waals surface area contributed by atoms with Crippen molar-refractivity contribution < 1.29 is 14.3 Å². The molecule has 1 aromatic carbocycles. The van der Waals surface area contributed by atoms with Crippen LogP contribution in [0.1, 0.15) is 37.3 Å². The van der Waals surface area contributed by atoms with E-state index in [2.05, 4.69) is 17.6 Å². The van der Waals surface area contributed by atoms with Gasteiger partial charge in [0.15, 0.2) is 0 Å². The Balaban J connectivity index is 2.01. The summed E-state index contributed by atoms with van der Waals surface area (Å²) in [4.78, 5) is 25.0. The normalized spacial score (nSPS) is 15.1. The summed E-state index contributed by atoms with van der Waals surface area (Å²) in [5.74, 6) is -0.358. The molecule has 0 spiro atoms. The van der Waals surface area contributed by atoms with Crippen molar-refractivity contribution in [2.75, 3.05) is 25.6 Å². The van der Waals surface area contributed by atoms with E-state index in [1.165, 1.54) is 0 Å². The topological polar surface area (TPSA) is 67.4 Å². The summed E-state index contributed by atoms with van der Waals surface area (Å²) in [6, 6.07) is 5.96. The maximum absolute atomic E-state index is 12.7. The van der Waals surface area contributed by atoms with Gasteiger partial charge in [-0.1, -0.05) is 25.1 Å². The molecule has 0 heterocycles. The summed E-state index contributed by atoms with van der Waals surface area (Å²) < 4.78 is 4.96. The Hall–Kier alpha value is -1.88. The van der Waals surface area contributed by atoms with Crippen molar-refractivity contribution in [2.45, 2.75) is 39.5 Å². The van der Waals surface area contributed by atoms with Gasteiger partial charge >= 0.3 is 0 Å². The van der Waals surface area contributed by atoms with Gasteiger partial charge in [-0.2, -0.15) is 0 Å². The molecule has 5 heteroatoms. The van der Waals surface area contributed by atoms with Crippen LogP contribution >= 0.6 is 0 Å². The van der Waals surface area contributed by atoms with Gasteiger partial charge in [0.05, 0.1) is 0 Å². The highest BCUT2D eigenvalue weighted by atomic mass is 16.5. The molecule has 126 valence electrons. The predicted molar refractivity (Wildman–Crippen MR) is 90.4 cm³/mol. The van der Waals surface area contributed by atoms with Gasteiger partial charge in [-0.15, -0.1) is 0 Å². The number of carbonyl (C=O) groups is 2. The molecule has 23 heavy (non-hydrogen) atoms. The molecule has 1 aliphatic rings. The smallest absolute Gasteiger partial charge is 0.240 e. The monoisotopic (exact) mass is 318 g/mol. The van der Waals surface area contributed by atoms with E-state index < -0.39 is 5.41 Å². The lowest BCUT2D eigenvalue weighted by Crippen LogP contribution is -2.40. The molecule has 0 saturated heterocycles. The maximum atomic E-state index is 12.7. The highest BCUT2D eigenvalue weighted by Crippen LogP contribution is 2.47. The van der Waals surface area contributed by atoms with Gasteiger partial charge < -0.3 is 15.4 Å². The average molecular weight is 318 g/mol. The van der Waals surface area contributed by atoms with Gasteiger partial charge in [0.25, 0.3) is 0 Å². The standard InChI is InChI=1S/C18H26N2O3/c1-4-14-8-5-7-13(2)15(14)20-17(22)18(9-10-18)16(21)19-11-6-12-23-3/h5,7-8H,4,6,9-12H2,1-3H3,(H,19,21)(H,20,22). The highest BCUT2D eigenvalue weighted by molar-refractivity contribution is 6.13. The van der Waals surface area contributed by atoms with Crippen molar-refractivity contribution in [1.82, 2.24) is 5.32 Å². The van der Waals surface area contributed by atoms with Crippen molar-refractivity contribution in [2.24, 2.45) is 5.41 Å². The fourth-order valence-corrected chi connectivity index (χ4v) is 2.71. The summed E-state index contributed by atoms with van der Waals surface area (Å²) >= 11 is 0. The first-order chi connectivity index (χ1) is 11.0. The lowest BCUT2D eigenvalue weighted by atomic mass is 10.0. The van der Waals surface area contributed by atoms with E-state index in [0.717, 1.165) is 29.7 Å². The summed E-state index contributed by atoms with van der Waals surface area (Å²) in [5.41, 5.74) is 2.07. The van der Waals surface area contributed by atoms with Crippen LogP contribution in [-0.4, -0.2) is 32.1 Å². The predicted octanol–water partition coefficient (Wildman–Crippen LogP) is 2.43. The SMILES string of the molecule is CCc1cccc(C)c1NC(=O)C1(C(=O)NCCCOC)CC1. The molecule has 0 atom stereocenters. The molecule has 2 N–H and O–H groups in total. The lowest BCUT2D eigenvalue weighted by Gasteiger charge is -2.18. The lowest BCUT2D eigenvalue weighted by molar-refractivity contribution is -0.134. The third-order valence-electron chi connectivity index (χ3n) is 4.41. The van der Waals surface area contributed by atoms with Crippen molar-refractivity contribution in [3.05, 3.63) is 29.3 Å². The first kappa shape index (κ1) is 17.5. The Kier molecular flexibility index (Phi) is 5.77. The molecular weight excluding hydrogens is 292 g/mol. The van der Waals surface area contributed by atoms with Crippen molar-refractivity contribution >= 4 is 17.5 Å². The van der Waals surface area contributed by atoms with Gasteiger partial charge in [-0.25, -0.2) is 0 Å². The van der Waals surface area contributed by atoms with Crippen molar-refractivity contribution in [3.63, 3.8) is 0 Å². The van der Waals surface area contributed by atoms with E-state index in [9.17, 15) is 9.59 Å². The number of rotatable bonds is 8. The Morgan fingerprint density at radius 3 is 2.61 bits per heavy atom. The number of hydrogen-bond donors (Lipinski definition) is 2. The maximum Gasteiger partial charge on any atom is 0.240 e. The van der Waals surface area contributed by atoms with E-state index in [0.29, 0.717) is 26.0 Å². The fourth-order valence-electron chi connectivity index (χ4n) is 2.71. The molecule has 2 amide bonds. The minimum absolute atomic E-state index is 0.169. The van der Waals surface area contributed by atoms with Crippen molar-refractivity contribution in [1.29, 1.82) is 0 Å². The summed E-state index contributed by atoms with van der Waals surface area (Å²) in [5, 5.41) is 5.84. The Morgan fingerprint density at radius 2 is 2.00 bits per heavy atom. The minimum atomic E-state index is -0.889. The number of amides is 2. The summed E-state index contributed by atoms with van der Waals surface area (Å²) in [6.45, 7) is 5.16. The van der Waals surface area contributed by atoms with Gasteiger partial charge in [0, 0.05) is 25.9 Å². The number of aryl methyl sites for hydroxylation is 2. The molecule has 0 aliphatic heterocycles. The first-order valence-electron chi connectivity index (χ1n) is 8.22. The zero-order valence-corrected chi connectivity index (χ0v) is 14.2. The van der Waals surface area contributed by atoms with E-state index >= 15 is 0 Å². The molecule has 0 aromatic heterocycles. The van der Waals surface area contributed by atoms with Gasteiger partial charge in [0.1, 0.15) is 5.41 Å². The fraction of sp³-hybridized carbons (Fsp3) is 0.556. The Labute approximate surface area is 137 Å². The average Bonchev–Trinajstić information content (AvgIpc) is 3.35. The van der Waals surface area contributed by atoms with Crippen molar-refractivity contribution in [3.8, 4) is 0 Å². The minimum Gasteiger partial charge on any atom is -0.385 e. The van der Waals surface area contributed by atoms with Crippen LogP contribution in [0.2, 0.25) is 0 Å². The van der Waals surface area contributed by atoms with Crippen LogP contribution in [0, 0.1) is 12.3 Å². The van der Waals surface area contributed by atoms with Gasteiger partial charge in [-0.05, 0) is 43.7 Å². The number of benzene rings is 1. The molecule has 0 unspecified atom stereocenters. The second-order valence-electron chi connectivity index (χ2n) is 6.10. The second-order valence-corrected chi connectivity index (χ2v) is 6.10. The van der Waals surface area contributed by atoms with Gasteiger partial charge in [-0.3, -0.25) is 9.59 Å². The molecule has 1 fully saturated rings. The number of methoxy groups -OCH3 is 1. The molecule has 5 nitrogen and oxygen atoms in total. The number of anilines is 1. The van der Waals surface area contributed by atoms with E-state index in [4.69, 9.17) is 4.74 Å². The molecule has 2 rings (SSSR count). The highest BCUT2D eigenvalue weighted by Gasteiger charge is 2.56. The first-order valence-corrected chi connectivity index (χ1v) is 8.22. The van der Waals surface area contributed by atoms with Crippen LogP contribution in [0.15, 0.2) is 18.2 Å². The van der Waals surface area contributed by atoms with Crippen LogP contribution in [-0.2, 0) is 20.7 Å². The Bertz CT molecular complexity index is 580. The molecule has 0 bridgehead atoms. The summed E-state index contributed by atoms with van der Waals surface area (Å²) in [6.07, 6.45) is 2.82. The molecule has 0 radical (unpaired) electrons. The number of nitrogens with one attached hydrogen (secondary N) is 2. The third kappa shape index (κ3) is 3.91. The van der Waals surface area contributed by atoms with Crippen LogP contribution in [0.4, 0.5) is 5.69 Å². The number of para-hydroxylation sites is 1. The molecular formula is C18H26N2O3. The molecule has 1 saturated carbocycles. The van der Waals surface area contributed by atoms with Crippen LogP contribution in [0.3, 0.4) is 0 Å². The summed E-state index contributed by atoms with van der Waals surface area (Å²) in [7, 11) is 1.63. The number of hydrogen-bond acceptors (Lipinski definition) is 3. The number of carbonyl (C=O) groups excluding carboxylic acids is 2. The van der Waals surface area contributed by atoms with E-state index in [-0.39, 0.29) is 11.8 Å². The van der Waals surface area contributed by atoms with E-state index in [1.54, 1.807) is 7.11 Å². The largest absolute Gasteiger partial charge is 0.385 e. The second kappa shape index (κ2) is 7.59. The van der Waals surface area contributed by atoms with Gasteiger partial charge in [0.2, 0.25) is 11.8 Å². The number of ether oxygens (including phenoxy) is 1. The van der Waals surface area contributed by atoms with Crippen LogP contribution in [0.25, 0.3) is 0 Å². The third-order valence-corrected chi connectivity index (χ3v) is 4.41. The zero-order valence-electron chi connectivity index (χ0n) is 14.2. The molecule has 1 aliphatic carbocycles. The van der Waals surface area contributed by atoms with E-state index in [1.807, 2.05) is 25.1 Å². The zero-order chi connectivity index (χ0) is 16.9. The van der Waals surface area contributed by atoms with Crippen LogP contribution < -0.4 is 10.6 Å².